The second-order valence-corrected chi connectivity index (χ2v) is 13.3. The van der Waals surface area contributed by atoms with E-state index in [2.05, 4.69) is 20.8 Å². The third-order valence-corrected chi connectivity index (χ3v) is 9.87. The minimum atomic E-state index is -2.21. The monoisotopic (exact) mass is 509 g/mol. The zero-order chi connectivity index (χ0) is 26.8. The van der Waals surface area contributed by atoms with Crippen LogP contribution in [0.25, 0.3) is 0 Å². The highest BCUT2D eigenvalue weighted by Crippen LogP contribution is 2.70. The summed E-state index contributed by atoms with van der Waals surface area (Å²) >= 11 is 0. The van der Waals surface area contributed by atoms with Crippen LogP contribution in [0.4, 0.5) is 8.78 Å². The summed E-state index contributed by atoms with van der Waals surface area (Å²) in [5.74, 6) is -3.17. The van der Waals surface area contributed by atoms with Gasteiger partial charge >= 0.3 is 0 Å². The Balaban J connectivity index is 1.71. The number of Topliss-reactive ketones (excluding diaryl/α,β-unsaturated/α-hetero) is 1. The number of aliphatic hydroxyl groups is 2. The largest absolute Gasteiger partial charge is 0.390 e. The summed E-state index contributed by atoms with van der Waals surface area (Å²) in [4.78, 5) is 25.1. The predicted octanol–water partition coefficient (Wildman–Crippen LogP) is 3.84. The fraction of sp³-hybridized carbons (Fsp3) is 0.786. The first-order valence-electron chi connectivity index (χ1n) is 13.1. The van der Waals surface area contributed by atoms with Crippen LogP contribution in [-0.2, 0) is 9.59 Å². The van der Waals surface area contributed by atoms with Gasteiger partial charge in [0.1, 0.15) is 12.8 Å². The van der Waals surface area contributed by atoms with Crippen LogP contribution in [0, 0.1) is 39.9 Å². The molecule has 4 aliphatic carbocycles. The lowest BCUT2D eigenvalue weighted by atomic mass is 9.45. The van der Waals surface area contributed by atoms with E-state index in [9.17, 15) is 25.0 Å². The van der Waals surface area contributed by atoms with E-state index in [1.807, 2.05) is 6.92 Å². The zero-order valence-corrected chi connectivity index (χ0v) is 22.0. The summed E-state index contributed by atoms with van der Waals surface area (Å²) in [5.41, 5.74) is -4.48. The molecule has 202 valence electrons. The zero-order valence-electron chi connectivity index (χ0n) is 22.0. The Morgan fingerprint density at radius 2 is 1.89 bits per heavy atom. The Labute approximate surface area is 212 Å². The number of alkyl halides is 2. The molecule has 9 atom stereocenters. The molecule has 36 heavy (non-hydrogen) atoms. The summed E-state index contributed by atoms with van der Waals surface area (Å²) in [6.45, 7) is 9.50. The van der Waals surface area contributed by atoms with Gasteiger partial charge in [0.05, 0.1) is 6.10 Å². The molecule has 0 bridgehead atoms. The minimum absolute atomic E-state index is 0.00266. The van der Waals surface area contributed by atoms with Gasteiger partial charge in [-0.1, -0.05) is 33.8 Å². The number of hydrogen-bond acceptors (Lipinski definition) is 6. The lowest BCUT2D eigenvalue weighted by Crippen LogP contribution is -2.68. The highest BCUT2D eigenvalue weighted by Gasteiger charge is 2.73. The Bertz CT molecular complexity index is 975. The van der Waals surface area contributed by atoms with Crippen LogP contribution in [-0.4, -0.2) is 69.7 Å². The average molecular weight is 510 g/mol. The van der Waals surface area contributed by atoms with Gasteiger partial charge in [0.2, 0.25) is 0 Å². The second-order valence-electron chi connectivity index (χ2n) is 13.3. The van der Waals surface area contributed by atoms with Crippen molar-refractivity contribution in [1.29, 1.82) is 0 Å². The fourth-order valence-corrected chi connectivity index (χ4v) is 8.12. The third-order valence-electron chi connectivity index (χ3n) is 9.87. The van der Waals surface area contributed by atoms with Gasteiger partial charge in [0, 0.05) is 30.3 Å². The summed E-state index contributed by atoms with van der Waals surface area (Å²) in [6.07, 6.45) is 1.69. The van der Waals surface area contributed by atoms with E-state index in [1.165, 1.54) is 17.2 Å². The molecule has 4 aliphatic rings. The summed E-state index contributed by atoms with van der Waals surface area (Å²) in [7, 11) is 0. The smallest absolute Gasteiger partial charge is 0.178 e. The van der Waals surface area contributed by atoms with Gasteiger partial charge in [-0.15, -0.1) is 0 Å². The highest BCUT2D eigenvalue weighted by molar-refractivity contribution is 6.01. The number of hydroxylamine groups is 2. The van der Waals surface area contributed by atoms with Gasteiger partial charge in [-0.2, -0.15) is 5.06 Å². The molecule has 0 amide bonds. The molecule has 3 N–H and O–H groups in total. The summed E-state index contributed by atoms with van der Waals surface area (Å²) in [5, 5.41) is 33.1. The first-order valence-corrected chi connectivity index (χ1v) is 13.1. The van der Waals surface area contributed by atoms with Crippen molar-refractivity contribution < 1.29 is 33.8 Å². The number of carbonyl (C=O) groups is 2. The number of carbonyl (C=O) groups excluding carboxylic acids is 2. The maximum absolute atomic E-state index is 17.3. The van der Waals surface area contributed by atoms with Gasteiger partial charge in [0.25, 0.3) is 0 Å². The van der Waals surface area contributed by atoms with Crippen LogP contribution in [0.3, 0.4) is 0 Å². The molecular formula is C28H41F2NO5. The predicted molar refractivity (Wildman–Crippen MR) is 131 cm³/mol. The number of fused-ring (bicyclic) bond motifs is 5. The Hall–Kier alpha value is -1.48. The van der Waals surface area contributed by atoms with Crippen molar-refractivity contribution >= 4 is 11.6 Å². The number of ketones is 2. The molecule has 0 aromatic rings. The van der Waals surface area contributed by atoms with E-state index in [4.69, 9.17) is 0 Å². The molecule has 3 saturated carbocycles. The van der Waals surface area contributed by atoms with Crippen LogP contribution in [0.5, 0.6) is 0 Å². The average Bonchev–Trinajstić information content (AvgIpc) is 3.06. The van der Waals surface area contributed by atoms with E-state index in [0.717, 1.165) is 12.5 Å². The summed E-state index contributed by atoms with van der Waals surface area (Å²) in [6, 6.07) is 0. The number of aliphatic hydroxyl groups excluding tert-OH is 2. The van der Waals surface area contributed by atoms with Gasteiger partial charge in [-0.05, 0) is 73.0 Å². The van der Waals surface area contributed by atoms with E-state index in [1.54, 1.807) is 6.92 Å². The van der Waals surface area contributed by atoms with E-state index >= 15 is 8.78 Å². The SMILES string of the molecule is CC(C)(C)CCN(O)C[C@@H]1C[C@H]2[C@@H]3C[C@H](F)C4=CC(=O)C=C[C@]4(C)[C@@]3(F)[C@@H](O)C[C@]2(C)[C@H]1C(=O)CO. The number of rotatable bonds is 6. The van der Waals surface area contributed by atoms with Crippen LogP contribution < -0.4 is 0 Å². The maximum atomic E-state index is 17.3. The van der Waals surface area contributed by atoms with E-state index in [0.29, 0.717) is 13.0 Å². The molecular weight excluding hydrogens is 468 g/mol. The number of nitrogens with zero attached hydrogens (tertiary/aromatic N) is 1. The Kier molecular flexibility index (Phi) is 6.94. The molecule has 0 aromatic heterocycles. The van der Waals surface area contributed by atoms with E-state index < -0.39 is 64.7 Å². The van der Waals surface area contributed by atoms with Crippen molar-refractivity contribution in [1.82, 2.24) is 5.06 Å². The van der Waals surface area contributed by atoms with Gasteiger partial charge in [-0.25, -0.2) is 8.78 Å². The van der Waals surface area contributed by atoms with Gasteiger partial charge in [-0.3, -0.25) is 9.59 Å². The summed E-state index contributed by atoms with van der Waals surface area (Å²) < 4.78 is 32.8. The molecule has 0 radical (unpaired) electrons. The van der Waals surface area contributed by atoms with Crippen molar-refractivity contribution in [2.75, 3.05) is 19.7 Å². The normalized spacial score (nSPS) is 44.2. The van der Waals surface area contributed by atoms with Crippen LogP contribution >= 0.6 is 0 Å². The quantitative estimate of drug-likeness (QED) is 0.471. The second kappa shape index (κ2) is 9.07. The Morgan fingerprint density at radius 3 is 2.50 bits per heavy atom. The molecule has 8 heteroatoms. The Morgan fingerprint density at radius 1 is 1.22 bits per heavy atom. The van der Waals surface area contributed by atoms with Crippen molar-refractivity contribution in [3.8, 4) is 0 Å². The van der Waals surface area contributed by atoms with Crippen molar-refractivity contribution in [2.45, 2.75) is 78.2 Å². The molecule has 0 saturated heterocycles. The molecule has 0 aliphatic heterocycles. The third kappa shape index (κ3) is 4.12. The molecule has 6 nitrogen and oxygen atoms in total. The molecule has 0 aromatic carbocycles. The fourth-order valence-electron chi connectivity index (χ4n) is 8.12. The number of allylic oxidation sites excluding steroid dienone is 4. The van der Waals surface area contributed by atoms with Crippen molar-refractivity contribution in [3.05, 3.63) is 23.8 Å². The molecule has 3 fully saturated rings. The molecule has 0 spiro atoms. The molecule has 4 rings (SSSR count). The van der Waals surface area contributed by atoms with Crippen LogP contribution in [0.15, 0.2) is 23.8 Å². The first kappa shape index (κ1) is 27.6. The topological polar surface area (TPSA) is 98.1 Å². The lowest BCUT2D eigenvalue weighted by Gasteiger charge is -2.62. The highest BCUT2D eigenvalue weighted by atomic mass is 19.1. The van der Waals surface area contributed by atoms with Gasteiger partial charge < -0.3 is 15.4 Å². The van der Waals surface area contributed by atoms with Gasteiger partial charge in [0.15, 0.2) is 17.2 Å². The van der Waals surface area contributed by atoms with Crippen LogP contribution in [0.2, 0.25) is 0 Å². The van der Waals surface area contributed by atoms with E-state index in [-0.39, 0.29) is 36.3 Å². The minimum Gasteiger partial charge on any atom is -0.390 e. The molecule has 0 heterocycles. The number of halogens is 2. The van der Waals surface area contributed by atoms with Crippen molar-refractivity contribution in [3.63, 3.8) is 0 Å². The standard InChI is InChI=1S/C28H41F2NO5/c1-25(2,3)8-9-31(36)14-16-10-18-19-12-21(29)20-11-17(33)6-7-27(20,5)28(19,30)23(35)13-26(18,4)24(16)22(34)15-32/h6-7,11,16,18-19,21,23-24,32,35-36H,8-10,12-15H2,1-5H3/t16-,18-,19-,21-,23-,24+,26-,27-,28-/m0/s1. The number of hydrogen-bond donors (Lipinski definition) is 3. The lowest BCUT2D eigenvalue weighted by molar-refractivity contribution is -0.202. The van der Waals surface area contributed by atoms with Crippen LogP contribution in [0.1, 0.15) is 60.3 Å². The van der Waals surface area contributed by atoms with Crippen molar-refractivity contribution in [2.24, 2.45) is 39.9 Å². The maximum Gasteiger partial charge on any atom is 0.178 e. The first-order chi connectivity index (χ1) is 16.6. The molecule has 0 unspecified atom stereocenters.